The predicted octanol–water partition coefficient (Wildman–Crippen LogP) is 2.90. The maximum absolute atomic E-state index is 12.1. The van der Waals surface area contributed by atoms with Crippen molar-refractivity contribution in [3.8, 4) is 0 Å². The quantitative estimate of drug-likeness (QED) is 0.730. The van der Waals surface area contributed by atoms with Crippen molar-refractivity contribution in [3.63, 3.8) is 0 Å². The zero-order chi connectivity index (χ0) is 15.3. The van der Waals surface area contributed by atoms with Gasteiger partial charge in [-0.2, -0.15) is 0 Å². The second-order valence-electron chi connectivity index (χ2n) is 7.02. The van der Waals surface area contributed by atoms with Gasteiger partial charge in [0, 0.05) is 6.54 Å². The lowest BCUT2D eigenvalue weighted by Crippen LogP contribution is -2.52. The van der Waals surface area contributed by atoms with Gasteiger partial charge in [-0.3, -0.25) is 4.79 Å². The lowest BCUT2D eigenvalue weighted by atomic mass is 9.83. The molecule has 0 heterocycles. The molecule has 120 valence electrons. The molecule has 0 atom stereocenters. The van der Waals surface area contributed by atoms with Gasteiger partial charge in [-0.25, -0.2) is 4.79 Å². The Morgan fingerprint density at radius 1 is 1.14 bits per heavy atom. The van der Waals surface area contributed by atoms with Crippen molar-refractivity contribution in [1.29, 1.82) is 0 Å². The molecular formula is C16H28N2O3. The van der Waals surface area contributed by atoms with Gasteiger partial charge in [-0.05, 0) is 37.5 Å². The summed E-state index contributed by atoms with van der Waals surface area (Å²) in [6.07, 6.45) is 8.42. The van der Waals surface area contributed by atoms with Crippen LogP contribution in [-0.2, 0) is 4.79 Å². The number of amides is 2. The third-order valence-corrected chi connectivity index (χ3v) is 5.12. The van der Waals surface area contributed by atoms with E-state index in [1.165, 1.54) is 25.7 Å². The molecule has 0 radical (unpaired) electrons. The number of carbonyl (C=O) groups is 2. The zero-order valence-electron chi connectivity index (χ0n) is 13.0. The molecule has 0 spiro atoms. The summed E-state index contributed by atoms with van der Waals surface area (Å²) in [5.41, 5.74) is -0.531. The fraction of sp³-hybridized carbons (Fsp3) is 0.875. The van der Waals surface area contributed by atoms with E-state index in [4.69, 9.17) is 5.11 Å². The molecule has 2 rings (SSSR count). The van der Waals surface area contributed by atoms with Crippen LogP contribution in [0.1, 0.15) is 64.7 Å². The summed E-state index contributed by atoms with van der Waals surface area (Å²) < 4.78 is 0. The highest BCUT2D eigenvalue weighted by Crippen LogP contribution is 2.32. The van der Waals surface area contributed by atoms with Crippen molar-refractivity contribution in [2.75, 3.05) is 6.54 Å². The fourth-order valence-electron chi connectivity index (χ4n) is 3.74. The Bertz CT molecular complexity index is 370. The first-order valence-corrected chi connectivity index (χ1v) is 8.27. The summed E-state index contributed by atoms with van der Waals surface area (Å²) in [7, 11) is 0. The Hall–Kier alpha value is -1.26. The third-order valence-electron chi connectivity index (χ3n) is 5.12. The van der Waals surface area contributed by atoms with E-state index in [1.54, 1.807) is 0 Å². The second-order valence-corrected chi connectivity index (χ2v) is 7.02. The molecule has 0 aromatic heterocycles. The number of rotatable bonds is 5. The Kier molecular flexibility index (Phi) is 5.48. The number of nitrogens with one attached hydrogen (secondary N) is 2. The topological polar surface area (TPSA) is 78.4 Å². The Morgan fingerprint density at radius 2 is 1.76 bits per heavy atom. The summed E-state index contributed by atoms with van der Waals surface area (Å²) in [5, 5.41) is 14.9. The van der Waals surface area contributed by atoms with Crippen LogP contribution in [0, 0.1) is 11.8 Å². The average Bonchev–Trinajstić information content (AvgIpc) is 2.85. The van der Waals surface area contributed by atoms with Gasteiger partial charge in [0.1, 0.15) is 0 Å². The van der Waals surface area contributed by atoms with Crippen LogP contribution in [0.2, 0.25) is 0 Å². The van der Waals surface area contributed by atoms with Gasteiger partial charge < -0.3 is 15.7 Å². The number of carboxylic acid groups (broad SMARTS) is 1. The molecule has 2 saturated carbocycles. The van der Waals surface area contributed by atoms with Crippen LogP contribution >= 0.6 is 0 Å². The normalized spacial score (nSPS) is 28.0. The van der Waals surface area contributed by atoms with E-state index < -0.39 is 11.5 Å². The molecule has 0 aromatic carbocycles. The number of urea groups is 1. The monoisotopic (exact) mass is 296 g/mol. The van der Waals surface area contributed by atoms with Gasteiger partial charge in [-0.15, -0.1) is 0 Å². The van der Waals surface area contributed by atoms with Gasteiger partial charge in [0.25, 0.3) is 0 Å². The molecule has 0 aromatic rings. The highest BCUT2D eigenvalue weighted by molar-refractivity contribution is 5.76. The summed E-state index contributed by atoms with van der Waals surface area (Å²) >= 11 is 0. The van der Waals surface area contributed by atoms with Crippen molar-refractivity contribution in [1.82, 2.24) is 10.6 Å². The van der Waals surface area contributed by atoms with E-state index in [2.05, 4.69) is 17.6 Å². The van der Waals surface area contributed by atoms with E-state index in [9.17, 15) is 9.59 Å². The Morgan fingerprint density at radius 3 is 2.33 bits per heavy atom. The highest BCUT2D eigenvalue weighted by Gasteiger charge is 2.37. The van der Waals surface area contributed by atoms with Gasteiger partial charge in [0.05, 0.1) is 12.0 Å². The molecule has 2 amide bonds. The first kappa shape index (κ1) is 16.1. The molecule has 5 nitrogen and oxygen atoms in total. The maximum atomic E-state index is 12.1. The molecule has 5 heteroatoms. The molecule has 0 saturated heterocycles. The second kappa shape index (κ2) is 7.14. The first-order chi connectivity index (χ1) is 9.99. The smallest absolute Gasteiger partial charge is 0.315 e. The largest absolute Gasteiger partial charge is 0.481 e. The maximum Gasteiger partial charge on any atom is 0.315 e. The predicted molar refractivity (Wildman–Crippen MR) is 81.1 cm³/mol. The molecule has 2 aliphatic rings. The molecule has 2 aliphatic carbocycles. The van der Waals surface area contributed by atoms with E-state index in [1.807, 2.05) is 0 Å². The summed E-state index contributed by atoms with van der Waals surface area (Å²) in [4.78, 5) is 23.1. The van der Waals surface area contributed by atoms with Crippen LogP contribution in [0.5, 0.6) is 0 Å². The minimum absolute atomic E-state index is 0.0291. The first-order valence-electron chi connectivity index (χ1n) is 8.27. The van der Waals surface area contributed by atoms with Crippen molar-refractivity contribution < 1.29 is 14.7 Å². The lowest BCUT2D eigenvalue weighted by Gasteiger charge is -2.30. The molecule has 0 unspecified atom stereocenters. The number of carbonyl (C=O) groups excluding carboxylic acids is 1. The van der Waals surface area contributed by atoms with Gasteiger partial charge in [0.2, 0.25) is 0 Å². The Labute approximate surface area is 126 Å². The van der Waals surface area contributed by atoms with Crippen LogP contribution in [0.4, 0.5) is 4.79 Å². The van der Waals surface area contributed by atoms with Crippen LogP contribution in [0.15, 0.2) is 0 Å². The molecule has 21 heavy (non-hydrogen) atoms. The summed E-state index contributed by atoms with van der Waals surface area (Å²) in [6.45, 7) is 2.99. The number of carboxylic acids is 1. The van der Waals surface area contributed by atoms with Gasteiger partial charge in [0.15, 0.2) is 0 Å². The number of aliphatic carboxylic acids is 1. The highest BCUT2D eigenvalue weighted by atomic mass is 16.4. The summed E-state index contributed by atoms with van der Waals surface area (Å²) in [6, 6.07) is -0.197. The average molecular weight is 296 g/mol. The van der Waals surface area contributed by atoms with E-state index in [0.29, 0.717) is 12.5 Å². The minimum atomic E-state index is -0.835. The van der Waals surface area contributed by atoms with Crippen molar-refractivity contribution in [2.45, 2.75) is 70.3 Å². The minimum Gasteiger partial charge on any atom is -0.481 e. The molecular weight excluding hydrogens is 268 g/mol. The fourth-order valence-corrected chi connectivity index (χ4v) is 3.74. The lowest BCUT2D eigenvalue weighted by molar-refractivity contribution is -0.138. The zero-order valence-corrected chi connectivity index (χ0v) is 13.0. The van der Waals surface area contributed by atoms with Crippen LogP contribution in [-0.4, -0.2) is 29.2 Å². The van der Waals surface area contributed by atoms with Crippen molar-refractivity contribution in [3.05, 3.63) is 0 Å². The van der Waals surface area contributed by atoms with Gasteiger partial charge in [-0.1, -0.05) is 32.6 Å². The molecule has 3 N–H and O–H groups in total. The SMILES string of the molecule is CC1CCC(CNC(=O)NC2(CC(=O)O)CCCC2)CC1. The van der Waals surface area contributed by atoms with E-state index in [0.717, 1.165) is 31.6 Å². The van der Waals surface area contributed by atoms with Crippen LogP contribution in [0.3, 0.4) is 0 Å². The van der Waals surface area contributed by atoms with Crippen molar-refractivity contribution >= 4 is 12.0 Å². The van der Waals surface area contributed by atoms with Crippen molar-refractivity contribution in [2.24, 2.45) is 11.8 Å². The van der Waals surface area contributed by atoms with E-state index >= 15 is 0 Å². The number of hydrogen-bond donors (Lipinski definition) is 3. The van der Waals surface area contributed by atoms with Crippen LogP contribution < -0.4 is 10.6 Å². The van der Waals surface area contributed by atoms with Gasteiger partial charge >= 0.3 is 12.0 Å². The third kappa shape index (κ3) is 4.90. The summed E-state index contributed by atoms with van der Waals surface area (Å²) in [5.74, 6) is 0.553. The van der Waals surface area contributed by atoms with E-state index in [-0.39, 0.29) is 12.5 Å². The molecule has 2 fully saturated rings. The van der Waals surface area contributed by atoms with Crippen LogP contribution in [0.25, 0.3) is 0 Å². The standard InChI is InChI=1S/C16H28N2O3/c1-12-4-6-13(7-5-12)11-17-15(21)18-16(10-14(19)20)8-2-3-9-16/h12-13H,2-11H2,1H3,(H,19,20)(H2,17,18,21). The molecule has 0 bridgehead atoms. The number of hydrogen-bond acceptors (Lipinski definition) is 2. The Balaban J connectivity index is 1.76. The molecule has 0 aliphatic heterocycles.